The SMILES string of the molecule is Cc1nc(NCCCl)sc1C. The first kappa shape index (κ1) is 8.81. The van der Waals surface area contributed by atoms with Crippen molar-refractivity contribution in [3.8, 4) is 0 Å². The minimum atomic E-state index is 0.623. The molecule has 0 saturated carbocycles. The van der Waals surface area contributed by atoms with Crippen LogP contribution in [0.25, 0.3) is 0 Å². The average Bonchev–Trinajstić information content (AvgIpc) is 2.28. The van der Waals surface area contributed by atoms with Gasteiger partial charge < -0.3 is 5.32 Å². The Morgan fingerprint density at radius 2 is 2.27 bits per heavy atom. The maximum Gasteiger partial charge on any atom is 0.183 e. The molecule has 0 atom stereocenters. The fraction of sp³-hybridized carbons (Fsp3) is 0.571. The van der Waals surface area contributed by atoms with Gasteiger partial charge in [-0.3, -0.25) is 0 Å². The molecule has 0 unspecified atom stereocenters. The van der Waals surface area contributed by atoms with Crippen LogP contribution in [-0.2, 0) is 0 Å². The third-order valence-corrected chi connectivity index (χ3v) is 2.62. The Labute approximate surface area is 75.6 Å². The third kappa shape index (κ3) is 2.34. The first-order valence-electron chi connectivity index (χ1n) is 3.48. The van der Waals surface area contributed by atoms with Gasteiger partial charge in [0.05, 0.1) is 5.69 Å². The van der Waals surface area contributed by atoms with Gasteiger partial charge in [-0.2, -0.15) is 0 Å². The molecule has 0 radical (unpaired) electrons. The van der Waals surface area contributed by atoms with Crippen molar-refractivity contribution in [2.24, 2.45) is 0 Å². The summed E-state index contributed by atoms with van der Waals surface area (Å²) < 4.78 is 0. The molecule has 0 aromatic carbocycles. The molecule has 1 aromatic heterocycles. The van der Waals surface area contributed by atoms with Gasteiger partial charge >= 0.3 is 0 Å². The van der Waals surface area contributed by atoms with Crippen LogP contribution in [0.15, 0.2) is 0 Å². The van der Waals surface area contributed by atoms with Gasteiger partial charge in [0, 0.05) is 17.3 Å². The molecule has 1 N–H and O–H groups in total. The molecule has 0 aliphatic heterocycles. The van der Waals surface area contributed by atoms with E-state index in [1.807, 2.05) is 6.92 Å². The summed E-state index contributed by atoms with van der Waals surface area (Å²) in [6.07, 6.45) is 0. The Morgan fingerprint density at radius 1 is 1.55 bits per heavy atom. The summed E-state index contributed by atoms with van der Waals surface area (Å²) in [5.41, 5.74) is 1.10. The molecule has 1 heterocycles. The summed E-state index contributed by atoms with van der Waals surface area (Å²) in [6, 6.07) is 0. The number of rotatable bonds is 3. The highest BCUT2D eigenvalue weighted by Crippen LogP contribution is 2.20. The Hall–Kier alpha value is -0.280. The zero-order valence-electron chi connectivity index (χ0n) is 6.65. The Balaban J connectivity index is 2.58. The van der Waals surface area contributed by atoms with Gasteiger partial charge in [0.15, 0.2) is 5.13 Å². The number of aromatic nitrogens is 1. The Kier molecular flexibility index (Phi) is 3.15. The molecule has 62 valence electrons. The van der Waals surface area contributed by atoms with E-state index < -0.39 is 0 Å². The van der Waals surface area contributed by atoms with E-state index in [2.05, 4.69) is 17.2 Å². The van der Waals surface area contributed by atoms with Crippen LogP contribution in [-0.4, -0.2) is 17.4 Å². The van der Waals surface area contributed by atoms with E-state index in [1.54, 1.807) is 11.3 Å². The van der Waals surface area contributed by atoms with Crippen LogP contribution in [0.1, 0.15) is 10.6 Å². The summed E-state index contributed by atoms with van der Waals surface area (Å²) in [4.78, 5) is 5.56. The highest BCUT2D eigenvalue weighted by molar-refractivity contribution is 7.15. The van der Waals surface area contributed by atoms with Crippen LogP contribution in [0.5, 0.6) is 0 Å². The smallest absolute Gasteiger partial charge is 0.183 e. The number of nitrogens with one attached hydrogen (secondary N) is 1. The lowest BCUT2D eigenvalue weighted by molar-refractivity contribution is 1.16. The van der Waals surface area contributed by atoms with Crippen LogP contribution in [0.4, 0.5) is 5.13 Å². The van der Waals surface area contributed by atoms with Gasteiger partial charge in [-0.15, -0.1) is 22.9 Å². The van der Waals surface area contributed by atoms with Crippen molar-refractivity contribution in [3.63, 3.8) is 0 Å². The summed E-state index contributed by atoms with van der Waals surface area (Å²) in [6.45, 7) is 4.87. The number of alkyl halides is 1. The maximum absolute atomic E-state index is 5.51. The van der Waals surface area contributed by atoms with Crippen molar-refractivity contribution in [2.45, 2.75) is 13.8 Å². The van der Waals surface area contributed by atoms with E-state index in [-0.39, 0.29) is 0 Å². The number of aryl methyl sites for hydroxylation is 2. The van der Waals surface area contributed by atoms with E-state index >= 15 is 0 Å². The molecule has 0 saturated heterocycles. The monoisotopic (exact) mass is 190 g/mol. The second kappa shape index (κ2) is 3.93. The number of hydrogen-bond acceptors (Lipinski definition) is 3. The molecule has 1 aromatic rings. The highest BCUT2D eigenvalue weighted by atomic mass is 35.5. The fourth-order valence-electron chi connectivity index (χ4n) is 0.703. The van der Waals surface area contributed by atoms with Gasteiger partial charge in [0.25, 0.3) is 0 Å². The van der Waals surface area contributed by atoms with Crippen molar-refractivity contribution in [1.82, 2.24) is 4.98 Å². The number of halogens is 1. The van der Waals surface area contributed by atoms with E-state index in [1.165, 1.54) is 4.88 Å². The maximum atomic E-state index is 5.51. The molecule has 0 fully saturated rings. The van der Waals surface area contributed by atoms with Crippen LogP contribution in [0.3, 0.4) is 0 Å². The molecular weight excluding hydrogens is 180 g/mol. The second-order valence-corrected chi connectivity index (χ2v) is 3.86. The van der Waals surface area contributed by atoms with Crippen molar-refractivity contribution in [1.29, 1.82) is 0 Å². The van der Waals surface area contributed by atoms with Crippen LogP contribution in [0.2, 0.25) is 0 Å². The van der Waals surface area contributed by atoms with Gasteiger partial charge in [-0.05, 0) is 13.8 Å². The van der Waals surface area contributed by atoms with Gasteiger partial charge in [0.1, 0.15) is 0 Å². The zero-order valence-corrected chi connectivity index (χ0v) is 8.22. The van der Waals surface area contributed by atoms with E-state index in [0.717, 1.165) is 17.4 Å². The van der Waals surface area contributed by atoms with Gasteiger partial charge in [-0.25, -0.2) is 4.98 Å². The average molecular weight is 191 g/mol. The fourth-order valence-corrected chi connectivity index (χ4v) is 1.64. The van der Waals surface area contributed by atoms with E-state index in [0.29, 0.717) is 5.88 Å². The Morgan fingerprint density at radius 3 is 2.73 bits per heavy atom. The lowest BCUT2D eigenvalue weighted by atomic mass is 10.4. The minimum Gasteiger partial charge on any atom is -0.360 e. The topological polar surface area (TPSA) is 24.9 Å². The minimum absolute atomic E-state index is 0.623. The van der Waals surface area contributed by atoms with Gasteiger partial charge in [-0.1, -0.05) is 0 Å². The van der Waals surface area contributed by atoms with E-state index in [4.69, 9.17) is 11.6 Å². The van der Waals surface area contributed by atoms with Crippen molar-refractivity contribution >= 4 is 28.1 Å². The number of hydrogen-bond donors (Lipinski definition) is 1. The lowest BCUT2D eigenvalue weighted by Crippen LogP contribution is -2.01. The van der Waals surface area contributed by atoms with Crippen LogP contribution >= 0.6 is 22.9 Å². The molecule has 11 heavy (non-hydrogen) atoms. The largest absolute Gasteiger partial charge is 0.360 e. The molecule has 2 nitrogen and oxygen atoms in total. The van der Waals surface area contributed by atoms with Gasteiger partial charge in [0.2, 0.25) is 0 Å². The van der Waals surface area contributed by atoms with E-state index in [9.17, 15) is 0 Å². The molecule has 0 aliphatic rings. The quantitative estimate of drug-likeness (QED) is 0.741. The normalized spacial score (nSPS) is 10.1. The second-order valence-electron chi connectivity index (χ2n) is 2.28. The number of thiazole rings is 1. The van der Waals surface area contributed by atoms with Crippen LogP contribution < -0.4 is 5.32 Å². The lowest BCUT2D eigenvalue weighted by Gasteiger charge is -1.95. The zero-order chi connectivity index (χ0) is 8.27. The molecule has 1 rings (SSSR count). The van der Waals surface area contributed by atoms with Crippen molar-refractivity contribution < 1.29 is 0 Å². The Bertz CT molecular complexity index is 215. The predicted molar refractivity (Wildman–Crippen MR) is 50.8 cm³/mol. The van der Waals surface area contributed by atoms with Crippen molar-refractivity contribution in [2.75, 3.05) is 17.7 Å². The number of anilines is 1. The summed E-state index contributed by atoms with van der Waals surface area (Å²) in [5, 5.41) is 4.10. The summed E-state index contributed by atoms with van der Waals surface area (Å²) in [5.74, 6) is 0.623. The molecule has 0 spiro atoms. The molecule has 0 amide bonds. The predicted octanol–water partition coefficient (Wildman–Crippen LogP) is 2.41. The summed E-state index contributed by atoms with van der Waals surface area (Å²) >= 11 is 7.19. The highest BCUT2D eigenvalue weighted by Gasteiger charge is 2.00. The number of nitrogens with zero attached hydrogens (tertiary/aromatic N) is 1. The molecule has 0 bridgehead atoms. The molecule has 0 aliphatic carbocycles. The first-order chi connectivity index (χ1) is 5.24. The molecule has 4 heteroatoms. The van der Waals surface area contributed by atoms with Crippen LogP contribution in [0, 0.1) is 13.8 Å². The molecular formula is C7H11ClN2S. The summed E-state index contributed by atoms with van der Waals surface area (Å²) in [7, 11) is 0. The third-order valence-electron chi connectivity index (χ3n) is 1.40. The standard InChI is InChI=1S/C7H11ClN2S/c1-5-6(2)11-7(10-5)9-4-3-8/h3-4H2,1-2H3,(H,9,10). The van der Waals surface area contributed by atoms with Crippen molar-refractivity contribution in [3.05, 3.63) is 10.6 Å². The first-order valence-corrected chi connectivity index (χ1v) is 4.83.